The standard InChI is InChI=1S/C8H19N/c1-4-6-8-9(3)7-5-2/h4-8H2,1-3H3. The maximum absolute atomic E-state index is 2.39. The summed E-state index contributed by atoms with van der Waals surface area (Å²) >= 11 is 0. The average Bonchev–Trinajstić information content (AvgIpc) is 1.85. The van der Waals surface area contributed by atoms with Crippen molar-refractivity contribution in [1.29, 1.82) is 0 Å². The molecule has 0 fully saturated rings. The van der Waals surface area contributed by atoms with E-state index in [9.17, 15) is 0 Å². The van der Waals surface area contributed by atoms with Crippen molar-refractivity contribution in [2.24, 2.45) is 0 Å². The van der Waals surface area contributed by atoms with E-state index in [0.29, 0.717) is 0 Å². The summed E-state index contributed by atoms with van der Waals surface area (Å²) in [5.74, 6) is 0. The zero-order valence-corrected chi connectivity index (χ0v) is 6.98. The minimum Gasteiger partial charge on any atom is -0.306 e. The molecule has 0 aromatic heterocycles. The molecular weight excluding hydrogens is 110 g/mol. The highest BCUT2D eigenvalue weighted by molar-refractivity contribution is 4.47. The molecule has 0 atom stereocenters. The molecule has 0 saturated heterocycles. The highest BCUT2D eigenvalue weighted by Gasteiger charge is 1.92. The maximum Gasteiger partial charge on any atom is -0.00219 e. The predicted octanol–water partition coefficient (Wildman–Crippen LogP) is 2.13. The van der Waals surface area contributed by atoms with Gasteiger partial charge in [0.25, 0.3) is 0 Å². The van der Waals surface area contributed by atoms with Gasteiger partial charge in [-0.15, -0.1) is 0 Å². The lowest BCUT2D eigenvalue weighted by Gasteiger charge is -2.13. The number of hydrogen-bond donors (Lipinski definition) is 0. The van der Waals surface area contributed by atoms with Crippen LogP contribution in [0.5, 0.6) is 0 Å². The molecular formula is C8H19N. The van der Waals surface area contributed by atoms with Crippen molar-refractivity contribution < 1.29 is 0 Å². The lowest BCUT2D eigenvalue weighted by atomic mass is 10.3. The van der Waals surface area contributed by atoms with Gasteiger partial charge in [-0.3, -0.25) is 0 Å². The summed E-state index contributed by atoms with van der Waals surface area (Å²) in [4.78, 5) is 2.39. The fourth-order valence-corrected chi connectivity index (χ4v) is 0.922. The van der Waals surface area contributed by atoms with Crippen molar-refractivity contribution in [3.8, 4) is 0 Å². The molecule has 9 heavy (non-hydrogen) atoms. The van der Waals surface area contributed by atoms with Gasteiger partial charge in [-0.25, -0.2) is 0 Å². The van der Waals surface area contributed by atoms with Crippen LogP contribution in [0.25, 0.3) is 0 Å². The Bertz CT molecular complexity index is 52.5. The van der Waals surface area contributed by atoms with Crippen molar-refractivity contribution in [2.75, 3.05) is 20.1 Å². The third-order valence-electron chi connectivity index (χ3n) is 1.50. The van der Waals surface area contributed by atoms with Crippen LogP contribution >= 0.6 is 0 Å². The topological polar surface area (TPSA) is 3.24 Å². The van der Waals surface area contributed by atoms with Crippen LogP contribution in [0.3, 0.4) is 0 Å². The van der Waals surface area contributed by atoms with Crippen LogP contribution in [-0.2, 0) is 0 Å². The van der Waals surface area contributed by atoms with Crippen molar-refractivity contribution in [3.63, 3.8) is 0 Å². The Labute approximate surface area is 59.1 Å². The van der Waals surface area contributed by atoms with Crippen LogP contribution in [0.15, 0.2) is 0 Å². The third kappa shape index (κ3) is 5.84. The second-order valence-electron chi connectivity index (χ2n) is 2.66. The fourth-order valence-electron chi connectivity index (χ4n) is 0.922. The van der Waals surface area contributed by atoms with Crippen molar-refractivity contribution in [2.45, 2.75) is 33.1 Å². The summed E-state index contributed by atoms with van der Waals surface area (Å²) in [6.07, 6.45) is 3.94. The van der Waals surface area contributed by atoms with Crippen molar-refractivity contribution >= 4 is 0 Å². The van der Waals surface area contributed by atoms with E-state index >= 15 is 0 Å². The third-order valence-corrected chi connectivity index (χ3v) is 1.50. The van der Waals surface area contributed by atoms with Crippen LogP contribution < -0.4 is 0 Å². The van der Waals surface area contributed by atoms with Gasteiger partial charge in [-0.05, 0) is 33.0 Å². The Morgan fingerprint density at radius 1 is 1.00 bits per heavy atom. The second-order valence-corrected chi connectivity index (χ2v) is 2.66. The van der Waals surface area contributed by atoms with Gasteiger partial charge in [0, 0.05) is 0 Å². The quantitative estimate of drug-likeness (QED) is 0.549. The zero-order chi connectivity index (χ0) is 7.11. The van der Waals surface area contributed by atoms with Crippen molar-refractivity contribution in [1.82, 2.24) is 4.90 Å². The van der Waals surface area contributed by atoms with Gasteiger partial charge in [-0.1, -0.05) is 20.3 Å². The highest BCUT2D eigenvalue weighted by atomic mass is 15.1. The van der Waals surface area contributed by atoms with E-state index < -0.39 is 0 Å². The summed E-state index contributed by atoms with van der Waals surface area (Å²) in [5.41, 5.74) is 0. The molecule has 0 N–H and O–H groups in total. The van der Waals surface area contributed by atoms with E-state index in [4.69, 9.17) is 0 Å². The van der Waals surface area contributed by atoms with Gasteiger partial charge in [-0.2, -0.15) is 0 Å². The molecule has 0 aromatic rings. The molecule has 0 heterocycles. The van der Waals surface area contributed by atoms with Gasteiger partial charge >= 0.3 is 0 Å². The Morgan fingerprint density at radius 2 is 1.67 bits per heavy atom. The van der Waals surface area contributed by atoms with E-state index in [1.54, 1.807) is 0 Å². The zero-order valence-electron chi connectivity index (χ0n) is 6.98. The molecule has 0 saturated carbocycles. The van der Waals surface area contributed by atoms with Crippen LogP contribution in [0.1, 0.15) is 33.1 Å². The molecule has 56 valence electrons. The largest absolute Gasteiger partial charge is 0.306 e. The molecule has 0 amide bonds. The maximum atomic E-state index is 2.39. The fraction of sp³-hybridized carbons (Fsp3) is 1.00. The Hall–Kier alpha value is -0.0400. The average molecular weight is 129 g/mol. The molecule has 0 unspecified atom stereocenters. The summed E-state index contributed by atoms with van der Waals surface area (Å²) in [5, 5.41) is 0. The molecule has 0 bridgehead atoms. The highest BCUT2D eigenvalue weighted by Crippen LogP contribution is 1.91. The Balaban J connectivity index is 2.95. The van der Waals surface area contributed by atoms with E-state index in [0.717, 1.165) is 0 Å². The first kappa shape index (κ1) is 8.96. The first-order valence-electron chi connectivity index (χ1n) is 3.99. The first-order valence-corrected chi connectivity index (χ1v) is 3.99. The molecule has 0 radical (unpaired) electrons. The van der Waals surface area contributed by atoms with E-state index in [-0.39, 0.29) is 0 Å². The Morgan fingerprint density at radius 3 is 2.11 bits per heavy atom. The minimum absolute atomic E-state index is 1.25. The van der Waals surface area contributed by atoms with Crippen LogP contribution in [0.4, 0.5) is 0 Å². The molecule has 0 aliphatic carbocycles. The van der Waals surface area contributed by atoms with Gasteiger partial charge in [0.1, 0.15) is 0 Å². The molecule has 1 nitrogen and oxygen atoms in total. The number of rotatable bonds is 5. The summed E-state index contributed by atoms with van der Waals surface area (Å²) < 4.78 is 0. The number of hydrogen-bond acceptors (Lipinski definition) is 1. The summed E-state index contributed by atoms with van der Waals surface area (Å²) in [6.45, 7) is 6.98. The van der Waals surface area contributed by atoms with Gasteiger partial charge < -0.3 is 4.90 Å². The SMILES string of the molecule is CCCCN(C)CCC. The minimum atomic E-state index is 1.25. The molecule has 0 aromatic carbocycles. The molecule has 0 spiro atoms. The second kappa shape index (κ2) is 6.09. The van der Waals surface area contributed by atoms with Gasteiger partial charge in [0.15, 0.2) is 0 Å². The van der Waals surface area contributed by atoms with Gasteiger partial charge in [0.05, 0.1) is 0 Å². The van der Waals surface area contributed by atoms with Gasteiger partial charge in [0.2, 0.25) is 0 Å². The first-order chi connectivity index (χ1) is 4.31. The molecule has 0 aliphatic heterocycles. The van der Waals surface area contributed by atoms with Crippen LogP contribution in [-0.4, -0.2) is 25.0 Å². The molecule has 1 heteroatoms. The summed E-state index contributed by atoms with van der Waals surface area (Å²) in [6, 6.07) is 0. The summed E-state index contributed by atoms with van der Waals surface area (Å²) in [7, 11) is 2.19. The normalized spacial score (nSPS) is 10.7. The predicted molar refractivity (Wildman–Crippen MR) is 42.7 cm³/mol. The van der Waals surface area contributed by atoms with Crippen LogP contribution in [0.2, 0.25) is 0 Å². The van der Waals surface area contributed by atoms with Crippen molar-refractivity contribution in [3.05, 3.63) is 0 Å². The van der Waals surface area contributed by atoms with E-state index in [2.05, 4.69) is 25.8 Å². The van der Waals surface area contributed by atoms with Crippen LogP contribution in [0, 0.1) is 0 Å². The number of nitrogens with zero attached hydrogens (tertiary/aromatic N) is 1. The lowest BCUT2D eigenvalue weighted by molar-refractivity contribution is 0.329. The molecule has 0 aliphatic rings. The monoisotopic (exact) mass is 129 g/mol. The smallest absolute Gasteiger partial charge is 0.00219 e. The number of unbranched alkanes of at least 4 members (excludes halogenated alkanes) is 1. The Kier molecular flexibility index (Phi) is 6.06. The lowest BCUT2D eigenvalue weighted by Crippen LogP contribution is -2.19. The van der Waals surface area contributed by atoms with E-state index in [1.807, 2.05) is 0 Å². The van der Waals surface area contributed by atoms with E-state index in [1.165, 1.54) is 32.4 Å². The molecule has 0 rings (SSSR count).